The molecule has 0 saturated heterocycles. The molecule has 0 radical (unpaired) electrons. The molecule has 6 atom stereocenters. The fourth-order valence-electron chi connectivity index (χ4n) is 7.24. The first-order chi connectivity index (χ1) is 22.7. The molecule has 2 N–H and O–H groups in total. The Morgan fingerprint density at radius 2 is 2.00 bits per heavy atom. The lowest BCUT2D eigenvalue weighted by Gasteiger charge is -2.46. The summed E-state index contributed by atoms with van der Waals surface area (Å²) in [5.74, 6) is 0.512. The van der Waals surface area contributed by atoms with Gasteiger partial charge in [0.2, 0.25) is 10.0 Å². The van der Waals surface area contributed by atoms with Crippen LogP contribution >= 0.6 is 11.6 Å². The molecule has 2 aromatic carbocycles. The SMILES string of the molecule is C=CCCC(C)S(=O)(=O)NC(=O)c1ccc2c(c1)N(C[C@@H]1CC[C@H]1C(C=C)N[S@+]([O-])C(C)(C)C)C[C@@]1(CCCc3cc(Cl)ccc31)CO2. The molecular weight excluding hydrogens is 666 g/mol. The van der Waals surface area contributed by atoms with E-state index in [2.05, 4.69) is 39.6 Å². The van der Waals surface area contributed by atoms with Crippen LogP contribution in [0, 0.1) is 11.8 Å². The van der Waals surface area contributed by atoms with Crippen LogP contribution in [0.4, 0.5) is 5.69 Å². The quantitative estimate of drug-likeness (QED) is 0.183. The summed E-state index contributed by atoms with van der Waals surface area (Å²) in [7, 11) is -3.88. The van der Waals surface area contributed by atoms with Crippen LogP contribution in [-0.2, 0) is 33.2 Å². The van der Waals surface area contributed by atoms with E-state index in [1.165, 1.54) is 11.1 Å². The number of hydrogen-bond acceptors (Lipinski definition) is 7. The Hall–Kier alpha value is -2.50. The molecule has 1 heterocycles. The number of nitrogens with one attached hydrogen (secondary N) is 2. The fourth-order valence-corrected chi connectivity index (χ4v) is 9.33. The van der Waals surface area contributed by atoms with Crippen molar-refractivity contribution in [3.8, 4) is 5.75 Å². The summed E-state index contributed by atoms with van der Waals surface area (Å²) in [5.41, 5.74) is 3.20. The minimum atomic E-state index is -3.88. The number of anilines is 1. The lowest BCUT2D eigenvalue weighted by atomic mass is 9.68. The van der Waals surface area contributed by atoms with Gasteiger partial charge in [-0.1, -0.05) is 29.8 Å². The van der Waals surface area contributed by atoms with Gasteiger partial charge in [0.25, 0.3) is 5.91 Å². The summed E-state index contributed by atoms with van der Waals surface area (Å²) in [6, 6.07) is 11.2. The fraction of sp³-hybridized carbons (Fsp3) is 0.541. The molecule has 0 bridgehead atoms. The van der Waals surface area contributed by atoms with Crippen LogP contribution in [0.3, 0.4) is 0 Å². The van der Waals surface area contributed by atoms with E-state index in [-0.39, 0.29) is 28.9 Å². The summed E-state index contributed by atoms with van der Waals surface area (Å²) in [6.07, 6.45) is 9.35. The van der Waals surface area contributed by atoms with Crippen molar-refractivity contribution in [2.75, 3.05) is 24.6 Å². The summed E-state index contributed by atoms with van der Waals surface area (Å²) in [5, 5.41) is -0.0211. The van der Waals surface area contributed by atoms with E-state index in [0.29, 0.717) is 38.3 Å². The molecule has 1 aliphatic heterocycles. The average Bonchev–Trinajstić information content (AvgIpc) is 3.17. The topological polar surface area (TPSA) is 111 Å². The summed E-state index contributed by atoms with van der Waals surface area (Å²) in [4.78, 5) is 15.8. The third kappa shape index (κ3) is 7.94. The largest absolute Gasteiger partial charge is 0.598 e. The second-order valence-electron chi connectivity index (χ2n) is 14.7. The lowest BCUT2D eigenvalue weighted by molar-refractivity contribution is 0.0981. The first-order valence-corrected chi connectivity index (χ1v) is 20.0. The van der Waals surface area contributed by atoms with Gasteiger partial charge < -0.3 is 14.2 Å². The molecule has 8 nitrogen and oxygen atoms in total. The molecule has 3 aliphatic rings. The zero-order valence-corrected chi connectivity index (χ0v) is 31.0. The lowest BCUT2D eigenvalue weighted by Crippen LogP contribution is -2.53. The highest BCUT2D eigenvalue weighted by atomic mass is 35.5. The van der Waals surface area contributed by atoms with Crippen LogP contribution in [0.2, 0.25) is 5.02 Å². The van der Waals surface area contributed by atoms with E-state index in [9.17, 15) is 17.8 Å². The van der Waals surface area contributed by atoms with E-state index < -0.39 is 37.3 Å². The van der Waals surface area contributed by atoms with Crippen molar-refractivity contribution in [3.05, 3.63) is 83.4 Å². The number of fused-ring (bicyclic) bond motifs is 3. The molecule has 2 unspecified atom stereocenters. The number of amides is 1. The molecule has 262 valence electrons. The first kappa shape index (κ1) is 36.8. The number of carbonyl (C=O) groups excluding carboxylic acids is 1. The van der Waals surface area contributed by atoms with Gasteiger partial charge in [0.1, 0.15) is 10.5 Å². The third-order valence-electron chi connectivity index (χ3n) is 10.3. The Balaban J connectivity index is 1.48. The van der Waals surface area contributed by atoms with Crippen molar-refractivity contribution >= 4 is 44.6 Å². The molecule has 2 aliphatic carbocycles. The average molecular weight is 716 g/mol. The second kappa shape index (κ2) is 14.8. The highest BCUT2D eigenvalue weighted by Crippen LogP contribution is 2.47. The normalized spacial score (nSPS) is 24.2. The van der Waals surface area contributed by atoms with Crippen molar-refractivity contribution in [2.24, 2.45) is 11.8 Å². The van der Waals surface area contributed by atoms with Crippen molar-refractivity contribution in [3.63, 3.8) is 0 Å². The van der Waals surface area contributed by atoms with E-state index in [0.717, 1.165) is 42.8 Å². The molecule has 1 amide bonds. The Morgan fingerprint density at radius 3 is 2.67 bits per heavy atom. The van der Waals surface area contributed by atoms with Gasteiger partial charge in [0.15, 0.2) is 0 Å². The summed E-state index contributed by atoms with van der Waals surface area (Å²) >= 11 is 5.19. The molecule has 1 saturated carbocycles. The number of ether oxygens (including phenoxy) is 1. The second-order valence-corrected chi connectivity index (χ2v) is 19.2. The third-order valence-corrected chi connectivity index (χ3v) is 13.9. The predicted molar refractivity (Wildman–Crippen MR) is 197 cm³/mol. The number of rotatable bonds is 12. The summed E-state index contributed by atoms with van der Waals surface area (Å²) < 4.78 is 50.8. The van der Waals surface area contributed by atoms with Gasteiger partial charge in [0, 0.05) is 40.5 Å². The van der Waals surface area contributed by atoms with Crippen molar-refractivity contribution in [2.45, 2.75) is 94.1 Å². The minimum absolute atomic E-state index is 0.108. The molecule has 1 spiro atoms. The minimum Gasteiger partial charge on any atom is -0.598 e. The zero-order chi connectivity index (χ0) is 34.9. The van der Waals surface area contributed by atoms with Crippen LogP contribution in [0.15, 0.2) is 61.7 Å². The number of hydrogen-bond donors (Lipinski definition) is 2. The Kier molecular flexibility index (Phi) is 11.3. The Labute approximate surface area is 295 Å². The van der Waals surface area contributed by atoms with E-state index in [1.807, 2.05) is 32.9 Å². The van der Waals surface area contributed by atoms with Crippen molar-refractivity contribution in [1.82, 2.24) is 9.44 Å². The van der Waals surface area contributed by atoms with Crippen LogP contribution in [-0.4, -0.2) is 54.6 Å². The molecule has 5 rings (SSSR count). The predicted octanol–water partition coefficient (Wildman–Crippen LogP) is 6.86. The maximum Gasteiger partial charge on any atom is 0.264 e. The van der Waals surface area contributed by atoms with Crippen molar-refractivity contribution < 1.29 is 22.5 Å². The Morgan fingerprint density at radius 1 is 1.23 bits per heavy atom. The zero-order valence-electron chi connectivity index (χ0n) is 28.6. The molecule has 1 fully saturated rings. The number of sulfonamides is 1. The highest BCUT2D eigenvalue weighted by Gasteiger charge is 2.45. The number of benzene rings is 2. The number of halogens is 1. The number of allylic oxidation sites excluding steroid dienone is 1. The van der Waals surface area contributed by atoms with Gasteiger partial charge >= 0.3 is 0 Å². The number of aryl methyl sites for hydroxylation is 1. The first-order valence-electron chi connectivity index (χ1n) is 17.0. The van der Waals surface area contributed by atoms with Gasteiger partial charge in [-0.2, -0.15) is 0 Å². The smallest absolute Gasteiger partial charge is 0.264 e. The number of carbonyl (C=O) groups is 1. The van der Waals surface area contributed by atoms with E-state index >= 15 is 0 Å². The van der Waals surface area contributed by atoms with Gasteiger partial charge in [-0.25, -0.2) is 13.1 Å². The molecule has 2 aromatic rings. The maximum absolute atomic E-state index is 13.4. The van der Waals surface area contributed by atoms with Gasteiger partial charge in [-0.15, -0.1) is 17.9 Å². The van der Waals surface area contributed by atoms with E-state index in [1.54, 1.807) is 31.2 Å². The van der Waals surface area contributed by atoms with Gasteiger partial charge in [-0.05, 0) is 126 Å². The maximum atomic E-state index is 13.4. The Bertz CT molecular complexity index is 1630. The molecular formula is C37H50ClN3O5S2. The monoisotopic (exact) mass is 715 g/mol. The standard InChI is InChI=1S/C37H50ClN3O5S2/c1-7-9-11-25(3)48(44,45)40-35(42)27-14-18-34-33(21-27)41(22-28-13-16-30(28)32(8-2)39-47(43)36(4,5)6)23-37(24-46-34)19-10-12-26-20-29(38)15-17-31(26)37/h7-8,14-15,17-18,20-21,25,28,30,32,39H,1-2,9-13,16,19,22-24H2,3-6H3,(H,40,42)/t25?,28-,30+,32?,37-,47+/m0/s1. The van der Waals surface area contributed by atoms with Crippen molar-refractivity contribution in [1.29, 1.82) is 0 Å². The molecule has 48 heavy (non-hydrogen) atoms. The van der Waals surface area contributed by atoms with Crippen LogP contribution < -0.4 is 19.1 Å². The highest BCUT2D eigenvalue weighted by molar-refractivity contribution is 7.91. The van der Waals surface area contributed by atoms with Crippen LogP contribution in [0.1, 0.15) is 87.7 Å². The van der Waals surface area contributed by atoms with Crippen LogP contribution in [0.25, 0.3) is 0 Å². The van der Waals surface area contributed by atoms with Gasteiger partial charge in [0.05, 0.1) is 23.6 Å². The summed E-state index contributed by atoms with van der Waals surface area (Å²) in [6.45, 7) is 17.1. The molecule has 0 aromatic heterocycles. The van der Waals surface area contributed by atoms with Gasteiger partial charge in [-0.3, -0.25) is 4.79 Å². The number of nitrogens with zero attached hydrogens (tertiary/aromatic N) is 1. The van der Waals surface area contributed by atoms with E-state index in [4.69, 9.17) is 16.3 Å². The molecule has 11 heteroatoms. The van der Waals surface area contributed by atoms with Crippen LogP contribution in [0.5, 0.6) is 5.75 Å².